The van der Waals surface area contributed by atoms with E-state index in [2.05, 4.69) is 166 Å². The molecule has 0 aliphatic heterocycles. The summed E-state index contributed by atoms with van der Waals surface area (Å²) >= 11 is 0. The van der Waals surface area contributed by atoms with Crippen molar-refractivity contribution in [2.24, 2.45) is 0 Å². The Balaban J connectivity index is 0.000000150. The molecule has 8 rings (SSSR count). The van der Waals surface area contributed by atoms with Crippen molar-refractivity contribution in [2.45, 2.75) is 26.7 Å². The van der Waals surface area contributed by atoms with E-state index in [4.69, 9.17) is 0 Å². The summed E-state index contributed by atoms with van der Waals surface area (Å²) in [6.45, 7) is 6.67. The minimum absolute atomic E-state index is 0. The van der Waals surface area contributed by atoms with E-state index in [-0.39, 0.29) is 26.2 Å². The third-order valence-corrected chi connectivity index (χ3v) is 8.49. The summed E-state index contributed by atoms with van der Waals surface area (Å²) in [6.07, 6.45) is 0. The van der Waals surface area contributed by atoms with Gasteiger partial charge < -0.3 is 0 Å². The second-order valence-corrected chi connectivity index (χ2v) is 11.6. The SMILES string of the molecule is CC(C)c1cc2c(-c3cccc4ccccc34)cccc2[cH-]1.Cc1cc2c(-c3cccc4ccccc34)cccc2[cH-]1.[Zr+2]. The maximum Gasteiger partial charge on any atom is 2.00 e. The van der Waals surface area contributed by atoms with Crippen LogP contribution in [0.1, 0.15) is 30.9 Å². The van der Waals surface area contributed by atoms with Gasteiger partial charge in [-0.15, -0.1) is 69.1 Å². The largest absolute Gasteiger partial charge is 2.00 e. The Morgan fingerprint density at radius 2 is 0.860 bits per heavy atom. The van der Waals surface area contributed by atoms with Crippen molar-refractivity contribution in [3.05, 3.63) is 157 Å². The van der Waals surface area contributed by atoms with Gasteiger partial charge in [0.15, 0.2) is 0 Å². The number of rotatable bonds is 3. The zero-order chi connectivity index (χ0) is 28.6. The molecule has 0 radical (unpaired) electrons. The molecule has 206 valence electrons. The molecule has 0 unspecified atom stereocenters. The Morgan fingerprint density at radius 1 is 0.442 bits per heavy atom. The fourth-order valence-electron chi connectivity index (χ4n) is 6.37. The molecule has 8 aromatic rings. The van der Waals surface area contributed by atoms with Crippen LogP contribution in [0, 0.1) is 6.92 Å². The maximum absolute atomic E-state index is 2.36. The summed E-state index contributed by atoms with van der Waals surface area (Å²) in [5.41, 5.74) is 8.05. The molecular weight excluding hydrogens is 596 g/mol. The molecule has 0 aliphatic rings. The average Bonchev–Trinajstić information content (AvgIpc) is 3.64. The van der Waals surface area contributed by atoms with E-state index in [0.717, 1.165) is 0 Å². The molecule has 0 fully saturated rings. The molecule has 0 N–H and O–H groups in total. The number of aryl methyl sites for hydroxylation is 1. The van der Waals surface area contributed by atoms with Gasteiger partial charge in [0, 0.05) is 0 Å². The van der Waals surface area contributed by atoms with Crippen LogP contribution >= 0.6 is 0 Å². The van der Waals surface area contributed by atoms with Crippen LogP contribution in [-0.2, 0) is 26.2 Å². The molecule has 0 aromatic heterocycles. The minimum Gasteiger partial charge on any atom is -0.165 e. The van der Waals surface area contributed by atoms with Crippen LogP contribution < -0.4 is 0 Å². The third-order valence-electron chi connectivity index (χ3n) is 8.49. The topological polar surface area (TPSA) is 0 Å². The van der Waals surface area contributed by atoms with Gasteiger partial charge in [-0.2, -0.15) is 12.1 Å². The van der Waals surface area contributed by atoms with E-state index in [1.165, 1.54) is 76.5 Å². The maximum atomic E-state index is 2.36. The molecule has 0 atom stereocenters. The van der Waals surface area contributed by atoms with E-state index in [1.807, 2.05) is 0 Å². The van der Waals surface area contributed by atoms with E-state index >= 15 is 0 Å². The number of hydrogen-bond donors (Lipinski definition) is 0. The van der Waals surface area contributed by atoms with Crippen LogP contribution in [0.15, 0.2) is 146 Å². The van der Waals surface area contributed by atoms with Crippen molar-refractivity contribution in [1.82, 2.24) is 0 Å². The first-order valence-electron chi connectivity index (χ1n) is 14.9. The van der Waals surface area contributed by atoms with Crippen LogP contribution in [0.5, 0.6) is 0 Å². The van der Waals surface area contributed by atoms with Crippen molar-refractivity contribution in [3.8, 4) is 22.3 Å². The summed E-state index contributed by atoms with van der Waals surface area (Å²) in [4.78, 5) is 0. The molecule has 0 saturated carbocycles. The van der Waals surface area contributed by atoms with Crippen LogP contribution in [0.4, 0.5) is 0 Å². The smallest absolute Gasteiger partial charge is 0.165 e. The van der Waals surface area contributed by atoms with Crippen LogP contribution in [0.2, 0.25) is 0 Å². The first kappa shape index (κ1) is 29.0. The van der Waals surface area contributed by atoms with Crippen molar-refractivity contribution in [3.63, 3.8) is 0 Å². The van der Waals surface area contributed by atoms with Crippen LogP contribution in [-0.4, -0.2) is 0 Å². The predicted molar refractivity (Wildman–Crippen MR) is 184 cm³/mol. The molecule has 0 spiro atoms. The summed E-state index contributed by atoms with van der Waals surface area (Å²) in [6, 6.07) is 52.8. The minimum atomic E-state index is 0. The van der Waals surface area contributed by atoms with Gasteiger partial charge in [-0.25, -0.2) is 0 Å². The zero-order valence-corrected chi connectivity index (χ0v) is 27.4. The Bertz CT molecular complexity index is 2180. The first-order chi connectivity index (χ1) is 20.6. The number of hydrogen-bond acceptors (Lipinski definition) is 0. The Morgan fingerprint density at radius 3 is 1.40 bits per heavy atom. The van der Waals surface area contributed by atoms with Gasteiger partial charge in [0.05, 0.1) is 0 Å². The second kappa shape index (κ2) is 12.3. The standard InChI is InChI=1S/C22H19.C20H15.Zr/c1-15(2)18-13-17-9-6-12-21(22(17)14-18)20-11-5-8-16-7-3-4-10-19(16)20;1-14-12-16-8-5-11-19(20(16)13-14)18-10-4-7-15-6-2-3-9-17(15)18;/h3-15H,1-2H3;2-13H,1H3;/q2*-1;+2. The van der Waals surface area contributed by atoms with E-state index in [9.17, 15) is 0 Å². The normalized spacial score (nSPS) is 11.2. The molecule has 0 aliphatic carbocycles. The number of fused-ring (bicyclic) bond motifs is 4. The quantitative estimate of drug-likeness (QED) is 0.171. The molecule has 43 heavy (non-hydrogen) atoms. The predicted octanol–water partition coefficient (Wildman–Crippen LogP) is 12.2. The molecule has 0 amide bonds. The second-order valence-electron chi connectivity index (χ2n) is 11.6. The number of benzene rings is 6. The Hall–Kier alpha value is -4.06. The fraction of sp³-hybridized carbons (Fsp3) is 0.0952. The fourth-order valence-corrected chi connectivity index (χ4v) is 6.37. The van der Waals surface area contributed by atoms with Crippen LogP contribution in [0.25, 0.3) is 65.3 Å². The van der Waals surface area contributed by atoms with Gasteiger partial charge in [0.1, 0.15) is 0 Å². The molecule has 0 bridgehead atoms. The third kappa shape index (κ3) is 5.55. The molecular formula is C42H34Zr. The van der Waals surface area contributed by atoms with Crippen molar-refractivity contribution < 1.29 is 26.2 Å². The summed E-state index contributed by atoms with van der Waals surface area (Å²) in [7, 11) is 0. The van der Waals surface area contributed by atoms with Crippen molar-refractivity contribution in [1.29, 1.82) is 0 Å². The molecule has 8 aromatic carbocycles. The Kier molecular flexibility index (Phi) is 8.29. The molecule has 0 saturated heterocycles. The summed E-state index contributed by atoms with van der Waals surface area (Å²) < 4.78 is 0. The molecule has 0 heterocycles. The van der Waals surface area contributed by atoms with Gasteiger partial charge in [-0.05, 0) is 38.6 Å². The van der Waals surface area contributed by atoms with Crippen LogP contribution in [0.3, 0.4) is 0 Å². The van der Waals surface area contributed by atoms with Gasteiger partial charge >= 0.3 is 26.2 Å². The first-order valence-corrected chi connectivity index (χ1v) is 14.9. The van der Waals surface area contributed by atoms with Gasteiger partial charge in [-0.1, -0.05) is 129 Å². The van der Waals surface area contributed by atoms with Crippen molar-refractivity contribution in [2.75, 3.05) is 0 Å². The Labute approximate surface area is 273 Å². The van der Waals surface area contributed by atoms with E-state index in [1.54, 1.807) is 0 Å². The van der Waals surface area contributed by atoms with Gasteiger partial charge in [0.25, 0.3) is 0 Å². The molecule has 1 heteroatoms. The van der Waals surface area contributed by atoms with Gasteiger partial charge in [0.2, 0.25) is 0 Å². The molecule has 0 nitrogen and oxygen atoms in total. The monoisotopic (exact) mass is 628 g/mol. The van der Waals surface area contributed by atoms with E-state index < -0.39 is 0 Å². The summed E-state index contributed by atoms with van der Waals surface area (Å²) in [5.74, 6) is 0.563. The summed E-state index contributed by atoms with van der Waals surface area (Å²) in [5, 5.41) is 10.6. The van der Waals surface area contributed by atoms with E-state index in [0.29, 0.717) is 5.92 Å². The van der Waals surface area contributed by atoms with Crippen molar-refractivity contribution >= 4 is 43.1 Å². The van der Waals surface area contributed by atoms with Gasteiger partial charge in [-0.3, -0.25) is 0 Å². The zero-order valence-electron chi connectivity index (χ0n) is 24.9. The average molecular weight is 630 g/mol.